The maximum Gasteiger partial charge on any atom is 0.316 e. The second-order valence-electron chi connectivity index (χ2n) is 4.61. The largest absolute Gasteiger partial charge is 0.460 e. The molecule has 1 aliphatic rings. The molecule has 2 rings (SSSR count). The van der Waals surface area contributed by atoms with Crippen LogP contribution in [0, 0.1) is 0 Å². The van der Waals surface area contributed by atoms with E-state index >= 15 is 0 Å². The highest BCUT2D eigenvalue weighted by molar-refractivity contribution is 6.31. The lowest BCUT2D eigenvalue weighted by atomic mass is 10.1. The molecular formula is C12H18ClN3O. The van der Waals surface area contributed by atoms with E-state index in [1.807, 2.05) is 0 Å². The molecule has 4 nitrogen and oxygen atoms in total. The van der Waals surface area contributed by atoms with Crippen LogP contribution in [0.3, 0.4) is 0 Å². The van der Waals surface area contributed by atoms with Gasteiger partial charge in [-0.2, -0.15) is 4.98 Å². The quantitative estimate of drug-likeness (QED) is 0.901. The standard InChI is InChI=1S/C12H18ClN3O/c1-8(2)11-10(13)7-15-12(16-11)17-9-3-5-14-6-4-9/h7-9,14H,3-6H2,1-2H3. The zero-order valence-corrected chi connectivity index (χ0v) is 11.0. The second-order valence-corrected chi connectivity index (χ2v) is 5.01. The molecule has 5 heteroatoms. The number of hydrogen-bond acceptors (Lipinski definition) is 4. The van der Waals surface area contributed by atoms with Crippen LogP contribution < -0.4 is 10.1 Å². The van der Waals surface area contributed by atoms with Gasteiger partial charge in [0.25, 0.3) is 0 Å². The molecule has 0 aromatic carbocycles. The van der Waals surface area contributed by atoms with Crippen LogP contribution in [0.4, 0.5) is 0 Å². The maximum atomic E-state index is 6.04. The Hall–Kier alpha value is -0.870. The Balaban J connectivity index is 2.07. The molecule has 0 spiro atoms. The van der Waals surface area contributed by atoms with Gasteiger partial charge in [-0.25, -0.2) is 4.98 Å². The van der Waals surface area contributed by atoms with E-state index in [9.17, 15) is 0 Å². The SMILES string of the molecule is CC(C)c1nc(OC2CCNCC2)ncc1Cl. The van der Waals surface area contributed by atoms with E-state index in [1.54, 1.807) is 6.20 Å². The van der Waals surface area contributed by atoms with Crippen LogP contribution in [-0.2, 0) is 0 Å². The van der Waals surface area contributed by atoms with Gasteiger partial charge in [-0.3, -0.25) is 0 Å². The van der Waals surface area contributed by atoms with Gasteiger partial charge in [0.05, 0.1) is 16.9 Å². The third kappa shape index (κ3) is 3.30. The molecule has 2 heterocycles. The molecule has 1 saturated heterocycles. The number of piperidine rings is 1. The highest BCUT2D eigenvalue weighted by atomic mass is 35.5. The molecule has 1 N–H and O–H groups in total. The monoisotopic (exact) mass is 255 g/mol. The lowest BCUT2D eigenvalue weighted by molar-refractivity contribution is 0.148. The predicted molar refractivity (Wildman–Crippen MR) is 67.7 cm³/mol. The van der Waals surface area contributed by atoms with Gasteiger partial charge in [-0.05, 0) is 31.8 Å². The first kappa shape index (κ1) is 12.6. The maximum absolute atomic E-state index is 6.04. The topological polar surface area (TPSA) is 47.0 Å². The van der Waals surface area contributed by atoms with E-state index in [4.69, 9.17) is 16.3 Å². The van der Waals surface area contributed by atoms with Crippen LogP contribution in [0.25, 0.3) is 0 Å². The van der Waals surface area contributed by atoms with Gasteiger partial charge >= 0.3 is 6.01 Å². The van der Waals surface area contributed by atoms with E-state index in [0.29, 0.717) is 11.0 Å². The molecule has 0 amide bonds. The Morgan fingerprint density at radius 1 is 1.41 bits per heavy atom. The Morgan fingerprint density at radius 3 is 2.76 bits per heavy atom. The van der Waals surface area contributed by atoms with E-state index < -0.39 is 0 Å². The van der Waals surface area contributed by atoms with Crippen LogP contribution in [0.5, 0.6) is 6.01 Å². The highest BCUT2D eigenvalue weighted by Gasteiger charge is 2.17. The van der Waals surface area contributed by atoms with Crippen LogP contribution in [0.2, 0.25) is 5.02 Å². The van der Waals surface area contributed by atoms with E-state index in [0.717, 1.165) is 31.6 Å². The van der Waals surface area contributed by atoms with Crippen molar-refractivity contribution < 1.29 is 4.74 Å². The van der Waals surface area contributed by atoms with Crippen molar-refractivity contribution in [1.29, 1.82) is 0 Å². The predicted octanol–water partition coefficient (Wildman–Crippen LogP) is 2.38. The summed E-state index contributed by atoms with van der Waals surface area (Å²) in [5.41, 5.74) is 0.852. The van der Waals surface area contributed by atoms with E-state index in [2.05, 4.69) is 29.1 Å². The zero-order valence-electron chi connectivity index (χ0n) is 10.2. The number of rotatable bonds is 3. The smallest absolute Gasteiger partial charge is 0.316 e. The normalized spacial score (nSPS) is 17.4. The molecule has 0 bridgehead atoms. The van der Waals surface area contributed by atoms with Crippen molar-refractivity contribution in [3.8, 4) is 6.01 Å². The average molecular weight is 256 g/mol. The molecule has 1 aromatic rings. The van der Waals surface area contributed by atoms with Gasteiger partial charge < -0.3 is 10.1 Å². The Bertz CT molecular complexity index is 378. The van der Waals surface area contributed by atoms with Crippen molar-refractivity contribution in [2.75, 3.05) is 13.1 Å². The van der Waals surface area contributed by atoms with Crippen molar-refractivity contribution in [3.63, 3.8) is 0 Å². The molecular weight excluding hydrogens is 238 g/mol. The van der Waals surface area contributed by atoms with Gasteiger partial charge in [-0.15, -0.1) is 0 Å². The summed E-state index contributed by atoms with van der Waals surface area (Å²) in [4.78, 5) is 8.51. The summed E-state index contributed by atoms with van der Waals surface area (Å²) in [6.07, 6.45) is 3.85. The minimum Gasteiger partial charge on any atom is -0.460 e. The summed E-state index contributed by atoms with van der Waals surface area (Å²) in [7, 11) is 0. The molecule has 1 aromatic heterocycles. The Labute approximate surface area is 107 Å². The summed E-state index contributed by atoms with van der Waals surface area (Å²) < 4.78 is 5.78. The van der Waals surface area contributed by atoms with E-state index in [-0.39, 0.29) is 12.0 Å². The summed E-state index contributed by atoms with van der Waals surface area (Å²) in [6.45, 7) is 6.11. The lowest BCUT2D eigenvalue weighted by Gasteiger charge is -2.23. The molecule has 94 valence electrons. The summed E-state index contributed by atoms with van der Waals surface area (Å²) in [5, 5.41) is 3.91. The second kappa shape index (κ2) is 5.65. The van der Waals surface area contributed by atoms with Crippen molar-refractivity contribution >= 4 is 11.6 Å². The number of nitrogens with one attached hydrogen (secondary N) is 1. The number of hydrogen-bond donors (Lipinski definition) is 1. The van der Waals surface area contributed by atoms with Crippen molar-refractivity contribution in [2.24, 2.45) is 0 Å². The van der Waals surface area contributed by atoms with Crippen LogP contribution in [-0.4, -0.2) is 29.2 Å². The first-order valence-corrected chi connectivity index (χ1v) is 6.44. The fourth-order valence-electron chi connectivity index (χ4n) is 1.89. The molecule has 0 saturated carbocycles. The number of nitrogens with zero attached hydrogens (tertiary/aromatic N) is 2. The fourth-order valence-corrected chi connectivity index (χ4v) is 2.20. The van der Waals surface area contributed by atoms with Crippen molar-refractivity contribution in [1.82, 2.24) is 15.3 Å². The van der Waals surface area contributed by atoms with Crippen molar-refractivity contribution in [2.45, 2.75) is 38.7 Å². The van der Waals surface area contributed by atoms with Gasteiger partial charge in [0.15, 0.2) is 0 Å². The Kier molecular flexibility index (Phi) is 4.18. The minimum absolute atomic E-state index is 0.220. The first-order chi connectivity index (χ1) is 8.16. The third-order valence-corrected chi connectivity index (χ3v) is 3.15. The van der Waals surface area contributed by atoms with E-state index in [1.165, 1.54) is 0 Å². The van der Waals surface area contributed by atoms with Crippen LogP contribution >= 0.6 is 11.6 Å². The third-order valence-electron chi connectivity index (χ3n) is 2.85. The van der Waals surface area contributed by atoms with Crippen LogP contribution in [0.1, 0.15) is 38.3 Å². The molecule has 1 fully saturated rings. The molecule has 0 atom stereocenters. The fraction of sp³-hybridized carbons (Fsp3) is 0.667. The van der Waals surface area contributed by atoms with Gasteiger partial charge in [0.1, 0.15) is 6.10 Å². The minimum atomic E-state index is 0.220. The number of halogens is 1. The summed E-state index contributed by atoms with van der Waals surface area (Å²) in [5.74, 6) is 0.279. The van der Waals surface area contributed by atoms with Gasteiger partial charge in [0.2, 0.25) is 0 Å². The molecule has 17 heavy (non-hydrogen) atoms. The molecule has 0 aliphatic carbocycles. The molecule has 1 aliphatic heterocycles. The van der Waals surface area contributed by atoms with Gasteiger partial charge in [-0.1, -0.05) is 25.4 Å². The summed E-state index contributed by atoms with van der Waals surface area (Å²) in [6, 6.07) is 0.449. The zero-order chi connectivity index (χ0) is 12.3. The number of aromatic nitrogens is 2. The lowest BCUT2D eigenvalue weighted by Crippen LogP contribution is -2.34. The molecule has 0 radical (unpaired) electrons. The molecule has 0 unspecified atom stereocenters. The first-order valence-electron chi connectivity index (χ1n) is 6.06. The summed E-state index contributed by atoms with van der Waals surface area (Å²) >= 11 is 6.04. The Morgan fingerprint density at radius 2 is 2.12 bits per heavy atom. The number of ether oxygens (including phenoxy) is 1. The van der Waals surface area contributed by atoms with Crippen molar-refractivity contribution in [3.05, 3.63) is 16.9 Å². The average Bonchev–Trinajstić information content (AvgIpc) is 2.32. The highest BCUT2D eigenvalue weighted by Crippen LogP contribution is 2.23. The van der Waals surface area contributed by atoms with Gasteiger partial charge in [0, 0.05) is 0 Å². The van der Waals surface area contributed by atoms with Crippen LogP contribution in [0.15, 0.2) is 6.20 Å².